The van der Waals surface area contributed by atoms with E-state index < -0.39 is 48.3 Å². The van der Waals surface area contributed by atoms with E-state index in [1.54, 1.807) is 9.80 Å². The van der Waals surface area contributed by atoms with Crippen molar-refractivity contribution in [2.75, 3.05) is 185 Å². The first-order chi connectivity index (χ1) is 47.9. The van der Waals surface area contributed by atoms with Crippen LogP contribution in [-0.2, 0) is 76.0 Å². The summed E-state index contributed by atoms with van der Waals surface area (Å²) in [6.45, 7) is 20.5. The highest BCUT2D eigenvalue weighted by Gasteiger charge is 2.28. The number of aliphatic hydroxyl groups excluding tert-OH is 4. The van der Waals surface area contributed by atoms with Crippen molar-refractivity contribution in [2.24, 2.45) is 0 Å². The minimum atomic E-state index is -1.48. The molecule has 0 amide bonds. The fraction of sp³-hybridized carbons (Fsp3) is 0.946. The Hall–Kier alpha value is -2.76. The first-order valence-corrected chi connectivity index (χ1v) is 38.9. The van der Waals surface area contributed by atoms with Crippen molar-refractivity contribution in [2.45, 2.75) is 270 Å². The third kappa shape index (κ3) is 59.7. The summed E-state index contributed by atoms with van der Waals surface area (Å²) < 4.78 is 66.3. The number of ether oxygens (including phenoxy) is 12. The van der Waals surface area contributed by atoms with Crippen LogP contribution in [0.1, 0.15) is 246 Å². The van der Waals surface area contributed by atoms with Crippen molar-refractivity contribution < 1.29 is 96.4 Å². The van der Waals surface area contributed by atoms with Crippen molar-refractivity contribution >= 4 is 23.9 Å². The third-order valence-corrected chi connectivity index (χ3v) is 17.1. The second-order valence-electron chi connectivity index (χ2n) is 26.3. The van der Waals surface area contributed by atoms with Gasteiger partial charge in [0.15, 0.2) is 24.4 Å². The maximum Gasteiger partial charge on any atom is 0.336 e. The van der Waals surface area contributed by atoms with Gasteiger partial charge in [0.25, 0.3) is 0 Å². The Bertz CT molecular complexity index is 1540. The van der Waals surface area contributed by atoms with Crippen LogP contribution >= 0.6 is 0 Å². The Morgan fingerprint density at radius 1 is 0.276 bits per heavy atom. The van der Waals surface area contributed by atoms with Gasteiger partial charge in [-0.3, -0.25) is 9.80 Å². The summed E-state index contributed by atoms with van der Waals surface area (Å²) in [5.41, 5.74) is 0. The molecule has 1 aliphatic rings. The number of carbonyl (C=O) groups excluding carboxylic acids is 4. The van der Waals surface area contributed by atoms with E-state index in [4.69, 9.17) is 56.8 Å². The Labute approximate surface area is 593 Å². The van der Waals surface area contributed by atoms with Crippen LogP contribution in [0.5, 0.6) is 0 Å². The number of carbonyl (C=O) groups is 4. The lowest BCUT2D eigenvalue weighted by atomic mass is 10.2. The van der Waals surface area contributed by atoms with Gasteiger partial charge in [0, 0.05) is 105 Å². The van der Waals surface area contributed by atoms with E-state index in [1.165, 1.54) is 77.0 Å². The van der Waals surface area contributed by atoms with Crippen molar-refractivity contribution in [3.63, 3.8) is 0 Å². The van der Waals surface area contributed by atoms with E-state index >= 15 is 0 Å². The van der Waals surface area contributed by atoms with Crippen molar-refractivity contribution in [3.05, 3.63) is 0 Å². The molecule has 4 N–H and O–H groups in total. The zero-order chi connectivity index (χ0) is 71.3. The van der Waals surface area contributed by atoms with Gasteiger partial charge in [-0.15, -0.1) is 0 Å². The number of hydrogen-bond donors (Lipinski definition) is 4. The van der Waals surface area contributed by atoms with Crippen molar-refractivity contribution in [1.82, 2.24) is 19.6 Å². The first-order valence-electron chi connectivity index (χ1n) is 38.9. The molecule has 0 bridgehead atoms. The number of rotatable bonds is 76. The second-order valence-corrected chi connectivity index (χ2v) is 26.3. The van der Waals surface area contributed by atoms with Gasteiger partial charge in [-0.1, -0.05) is 130 Å². The first kappa shape index (κ1) is 93.3. The minimum Gasteiger partial charge on any atom is -0.464 e. The highest BCUT2D eigenvalue weighted by Crippen LogP contribution is 2.13. The molecule has 0 aromatic carbocycles. The van der Waals surface area contributed by atoms with Gasteiger partial charge < -0.3 is 87.1 Å². The summed E-state index contributed by atoms with van der Waals surface area (Å²) in [5.74, 6) is -3.01. The van der Waals surface area contributed by atoms with Gasteiger partial charge >= 0.3 is 23.9 Å². The summed E-state index contributed by atoms with van der Waals surface area (Å²) in [6.07, 6.45) is 26.8. The topological polar surface area (TPSA) is 273 Å². The molecule has 0 radical (unpaired) electrons. The number of unbranched alkanes of at least 4 members (excludes halogenated alkanes) is 24. The minimum absolute atomic E-state index is 0.131. The molecule has 1 rings (SSSR count). The van der Waals surface area contributed by atoms with Crippen LogP contribution in [0, 0.1) is 0 Å². The number of nitrogens with zero attached hydrogens (tertiary/aromatic N) is 4. The molecule has 580 valence electrons. The quantitative estimate of drug-likeness (QED) is 0.0191. The molecule has 1 heterocycles. The van der Waals surface area contributed by atoms with E-state index in [0.717, 1.165) is 129 Å². The van der Waals surface area contributed by atoms with Crippen LogP contribution in [-0.4, -0.2) is 273 Å². The van der Waals surface area contributed by atoms with Crippen molar-refractivity contribution in [3.8, 4) is 0 Å². The highest BCUT2D eigenvalue weighted by molar-refractivity contribution is 5.76. The van der Waals surface area contributed by atoms with Crippen LogP contribution in [0.2, 0.25) is 0 Å². The van der Waals surface area contributed by atoms with E-state index in [0.29, 0.717) is 145 Å². The summed E-state index contributed by atoms with van der Waals surface area (Å²) in [6, 6.07) is 0. The molecule has 0 saturated carbocycles. The predicted octanol–water partition coefficient (Wildman–Crippen LogP) is 10.1. The molecule has 24 heteroatoms. The number of piperazine rings is 1. The standard InChI is InChI=1S/C74H144N4O20/c1-5-9-13-25-47-87-63-91-51-29-17-21-33-55-95-71(83)67(79)59-77(60-68(80)72(84)96-56-34-22-18-30-52-92-64-88-48-26-14-10-6-2)41-37-39-75-43-45-76(46-44-75)40-38-42-78(61-69(81)73(85)97-57-35-23-19-31-53-93-65-89-49-27-15-11-7-3)62-70(82)74(86)98-58-36-24-20-32-54-94-66-90-50-28-16-12-8-4/h67-70,79-82H,5-66H2,1-4H3. The molecule has 0 spiro atoms. The predicted molar refractivity (Wildman–Crippen MR) is 380 cm³/mol. The van der Waals surface area contributed by atoms with E-state index in [9.17, 15) is 39.6 Å². The van der Waals surface area contributed by atoms with E-state index in [2.05, 4.69) is 37.5 Å². The normalized spacial score (nSPS) is 14.3. The van der Waals surface area contributed by atoms with Crippen LogP contribution in [0.4, 0.5) is 0 Å². The lowest BCUT2D eigenvalue weighted by molar-refractivity contribution is -0.158. The van der Waals surface area contributed by atoms with E-state index in [1.807, 2.05) is 0 Å². The molecular weight excluding hydrogens is 1260 g/mol. The van der Waals surface area contributed by atoms with Gasteiger partial charge in [-0.25, -0.2) is 19.2 Å². The van der Waals surface area contributed by atoms with Crippen LogP contribution in [0.3, 0.4) is 0 Å². The summed E-state index contributed by atoms with van der Waals surface area (Å²) in [7, 11) is 0. The molecule has 0 aromatic rings. The SMILES string of the molecule is CCCCCCOCOCCCCCCOC(=O)C(O)CN(CCCN1CCN(CCCN(CC(O)C(=O)OCCCCCCOCOCCCCCC)CC(O)C(=O)OCCCCCCOCOCCCCCC)CC1)CC(O)C(=O)OCCCCCCOCOCCCCCC. The van der Waals surface area contributed by atoms with Gasteiger partial charge in [-0.05, 0) is 142 Å². The maximum absolute atomic E-state index is 13.0. The zero-order valence-corrected chi connectivity index (χ0v) is 62.3. The number of aliphatic hydroxyl groups is 4. The molecule has 0 aliphatic carbocycles. The average molecular weight is 1410 g/mol. The van der Waals surface area contributed by atoms with Crippen LogP contribution in [0.25, 0.3) is 0 Å². The Balaban J connectivity index is 2.74. The van der Waals surface area contributed by atoms with Gasteiger partial charge in [0.1, 0.15) is 27.2 Å². The van der Waals surface area contributed by atoms with Crippen LogP contribution in [0.15, 0.2) is 0 Å². The largest absolute Gasteiger partial charge is 0.464 e. The van der Waals surface area contributed by atoms with Crippen molar-refractivity contribution in [1.29, 1.82) is 0 Å². The zero-order valence-electron chi connectivity index (χ0n) is 62.3. The monoisotopic (exact) mass is 1410 g/mol. The maximum atomic E-state index is 13.0. The molecule has 24 nitrogen and oxygen atoms in total. The van der Waals surface area contributed by atoms with Crippen LogP contribution < -0.4 is 0 Å². The van der Waals surface area contributed by atoms with Gasteiger partial charge in [0.05, 0.1) is 26.4 Å². The lowest BCUT2D eigenvalue weighted by Gasteiger charge is -2.35. The smallest absolute Gasteiger partial charge is 0.336 e. The fourth-order valence-electron chi connectivity index (χ4n) is 11.0. The Morgan fingerprint density at radius 3 is 0.653 bits per heavy atom. The molecule has 1 saturated heterocycles. The average Bonchev–Trinajstić information content (AvgIpc) is 1.05. The molecule has 1 fully saturated rings. The lowest BCUT2D eigenvalue weighted by Crippen LogP contribution is -2.48. The Kier molecular flexibility index (Phi) is 67.8. The summed E-state index contributed by atoms with van der Waals surface area (Å²) in [4.78, 5) is 60.2. The van der Waals surface area contributed by atoms with E-state index in [-0.39, 0.29) is 52.6 Å². The summed E-state index contributed by atoms with van der Waals surface area (Å²) in [5, 5.41) is 44.2. The second kappa shape index (κ2) is 71.2. The molecule has 1 aliphatic heterocycles. The molecule has 0 aromatic heterocycles. The summed E-state index contributed by atoms with van der Waals surface area (Å²) >= 11 is 0. The molecule has 4 atom stereocenters. The molecular formula is C74H144N4O20. The van der Waals surface area contributed by atoms with Gasteiger partial charge in [-0.2, -0.15) is 0 Å². The Morgan fingerprint density at radius 2 is 0.459 bits per heavy atom. The number of hydrogen-bond acceptors (Lipinski definition) is 24. The molecule has 4 unspecified atom stereocenters. The van der Waals surface area contributed by atoms with Gasteiger partial charge in [0.2, 0.25) is 0 Å². The number of esters is 4. The fourth-order valence-corrected chi connectivity index (χ4v) is 11.0. The highest BCUT2D eigenvalue weighted by atomic mass is 16.7. The third-order valence-electron chi connectivity index (χ3n) is 17.1. The molecule has 98 heavy (non-hydrogen) atoms.